The fourth-order valence-corrected chi connectivity index (χ4v) is 1.78. The summed E-state index contributed by atoms with van der Waals surface area (Å²) in [5.74, 6) is 0. The molecule has 0 radical (unpaired) electrons. The van der Waals surface area contributed by atoms with E-state index in [1.807, 2.05) is 13.0 Å². The van der Waals surface area contributed by atoms with Gasteiger partial charge in [0.1, 0.15) is 6.10 Å². The third-order valence-corrected chi connectivity index (χ3v) is 2.67. The summed E-state index contributed by atoms with van der Waals surface area (Å²) in [6, 6.07) is 0. The lowest BCUT2D eigenvalue weighted by Gasteiger charge is -2.25. The molecule has 1 aliphatic heterocycles. The number of hydrogen-bond acceptors (Lipinski definition) is 2. The molecule has 2 atom stereocenters. The highest BCUT2D eigenvalue weighted by Gasteiger charge is 2.19. The van der Waals surface area contributed by atoms with Gasteiger partial charge in [-0.1, -0.05) is 25.3 Å². The molecule has 1 saturated heterocycles. The second-order valence-electron chi connectivity index (χ2n) is 3.92. The minimum absolute atomic E-state index is 0.185. The summed E-state index contributed by atoms with van der Waals surface area (Å²) in [6.45, 7) is 4.95. The molecule has 0 bridgehead atoms. The zero-order chi connectivity index (χ0) is 10.2. The van der Waals surface area contributed by atoms with Crippen molar-refractivity contribution in [3.63, 3.8) is 0 Å². The second kappa shape index (κ2) is 6.88. The molecule has 82 valence electrons. The number of ether oxygens (including phenoxy) is 2. The molecule has 0 aromatic carbocycles. The van der Waals surface area contributed by atoms with Gasteiger partial charge in [0.15, 0.2) is 0 Å². The summed E-state index contributed by atoms with van der Waals surface area (Å²) in [5, 5.41) is 0. The molecule has 1 heterocycles. The molecular weight excluding hydrogens is 176 g/mol. The molecule has 1 aliphatic rings. The van der Waals surface area contributed by atoms with Crippen LogP contribution in [0.15, 0.2) is 12.3 Å². The van der Waals surface area contributed by atoms with Crippen molar-refractivity contribution in [2.24, 2.45) is 0 Å². The van der Waals surface area contributed by atoms with Crippen LogP contribution in [0.5, 0.6) is 0 Å². The third-order valence-electron chi connectivity index (χ3n) is 2.67. The predicted molar refractivity (Wildman–Crippen MR) is 58.2 cm³/mol. The molecule has 0 aromatic rings. The van der Waals surface area contributed by atoms with Gasteiger partial charge in [0, 0.05) is 6.61 Å². The van der Waals surface area contributed by atoms with Crippen molar-refractivity contribution in [2.45, 2.75) is 58.2 Å². The fourth-order valence-electron chi connectivity index (χ4n) is 1.78. The minimum atomic E-state index is 0.185. The zero-order valence-corrected chi connectivity index (χ0v) is 9.37. The van der Waals surface area contributed by atoms with Crippen LogP contribution in [0.4, 0.5) is 0 Å². The largest absolute Gasteiger partial charge is 0.496 e. The van der Waals surface area contributed by atoms with Crippen molar-refractivity contribution < 1.29 is 9.47 Å². The maximum Gasteiger partial charge on any atom is 0.121 e. The first-order chi connectivity index (χ1) is 6.84. The first-order valence-corrected chi connectivity index (χ1v) is 5.73. The average molecular weight is 198 g/mol. The Kier molecular flexibility index (Phi) is 5.69. The van der Waals surface area contributed by atoms with Gasteiger partial charge in [-0.2, -0.15) is 0 Å². The van der Waals surface area contributed by atoms with Crippen molar-refractivity contribution >= 4 is 0 Å². The van der Waals surface area contributed by atoms with Crippen molar-refractivity contribution in [3.8, 4) is 0 Å². The van der Waals surface area contributed by atoms with E-state index in [2.05, 4.69) is 6.92 Å². The van der Waals surface area contributed by atoms with E-state index < -0.39 is 0 Å². The molecule has 2 heteroatoms. The van der Waals surface area contributed by atoms with Gasteiger partial charge in [-0.25, -0.2) is 0 Å². The summed E-state index contributed by atoms with van der Waals surface area (Å²) in [7, 11) is 0. The Morgan fingerprint density at radius 3 is 2.86 bits per heavy atom. The van der Waals surface area contributed by atoms with Gasteiger partial charge in [0.05, 0.1) is 12.4 Å². The molecule has 1 fully saturated rings. The minimum Gasteiger partial charge on any atom is -0.496 e. The standard InChI is InChI=1S/C12H22O2/c1-3-9-13-11(2)12-8-6-4-5-7-10-14-12/h3,9,11-12H,4-8,10H2,1-2H3/b9-3+. The highest BCUT2D eigenvalue weighted by atomic mass is 16.5. The van der Waals surface area contributed by atoms with Gasteiger partial charge in [0.25, 0.3) is 0 Å². The highest BCUT2D eigenvalue weighted by molar-refractivity contribution is 4.73. The van der Waals surface area contributed by atoms with E-state index in [0.717, 1.165) is 13.0 Å². The highest BCUT2D eigenvalue weighted by Crippen LogP contribution is 2.17. The number of allylic oxidation sites excluding steroid dienone is 1. The quantitative estimate of drug-likeness (QED) is 0.648. The lowest BCUT2D eigenvalue weighted by atomic mass is 10.0. The first kappa shape index (κ1) is 11.6. The molecule has 0 aromatic heterocycles. The van der Waals surface area contributed by atoms with E-state index in [-0.39, 0.29) is 12.2 Å². The maximum absolute atomic E-state index is 5.78. The topological polar surface area (TPSA) is 18.5 Å². The van der Waals surface area contributed by atoms with Crippen LogP contribution >= 0.6 is 0 Å². The molecule has 0 aliphatic carbocycles. The number of hydrogen-bond donors (Lipinski definition) is 0. The van der Waals surface area contributed by atoms with Gasteiger partial charge in [-0.3, -0.25) is 0 Å². The average Bonchev–Trinajstić information content (AvgIpc) is 2.13. The molecular formula is C12H22O2. The lowest BCUT2D eigenvalue weighted by molar-refractivity contribution is -0.0457. The van der Waals surface area contributed by atoms with Gasteiger partial charge < -0.3 is 9.47 Å². The number of rotatable bonds is 3. The van der Waals surface area contributed by atoms with Crippen LogP contribution in [-0.4, -0.2) is 18.8 Å². The monoisotopic (exact) mass is 198 g/mol. The predicted octanol–water partition coefficient (Wildman–Crippen LogP) is 3.27. The summed E-state index contributed by atoms with van der Waals surface area (Å²) in [6.07, 6.45) is 10.4. The summed E-state index contributed by atoms with van der Waals surface area (Å²) < 4.78 is 11.3. The first-order valence-electron chi connectivity index (χ1n) is 5.73. The van der Waals surface area contributed by atoms with Gasteiger partial charge in [0.2, 0.25) is 0 Å². The van der Waals surface area contributed by atoms with E-state index >= 15 is 0 Å². The summed E-state index contributed by atoms with van der Waals surface area (Å²) >= 11 is 0. The third kappa shape index (κ3) is 4.14. The molecule has 0 N–H and O–H groups in total. The maximum atomic E-state index is 5.78. The van der Waals surface area contributed by atoms with Crippen molar-refractivity contribution in [1.82, 2.24) is 0 Å². The van der Waals surface area contributed by atoms with Gasteiger partial charge in [-0.05, 0) is 26.7 Å². The Morgan fingerprint density at radius 2 is 2.07 bits per heavy atom. The lowest BCUT2D eigenvalue weighted by Crippen LogP contribution is -2.29. The normalized spacial score (nSPS) is 26.9. The van der Waals surface area contributed by atoms with Crippen LogP contribution in [0.3, 0.4) is 0 Å². The van der Waals surface area contributed by atoms with E-state index in [1.165, 1.54) is 25.7 Å². The second-order valence-corrected chi connectivity index (χ2v) is 3.92. The Morgan fingerprint density at radius 1 is 1.29 bits per heavy atom. The van der Waals surface area contributed by atoms with Crippen LogP contribution in [0.25, 0.3) is 0 Å². The van der Waals surface area contributed by atoms with Crippen LogP contribution in [-0.2, 0) is 9.47 Å². The molecule has 0 spiro atoms. The zero-order valence-electron chi connectivity index (χ0n) is 9.37. The van der Waals surface area contributed by atoms with E-state index in [0.29, 0.717) is 0 Å². The van der Waals surface area contributed by atoms with Crippen LogP contribution in [0, 0.1) is 0 Å². The fraction of sp³-hybridized carbons (Fsp3) is 0.833. The molecule has 0 saturated carbocycles. The summed E-state index contributed by atoms with van der Waals surface area (Å²) in [5.41, 5.74) is 0. The van der Waals surface area contributed by atoms with Crippen molar-refractivity contribution in [1.29, 1.82) is 0 Å². The van der Waals surface area contributed by atoms with Crippen LogP contribution in [0.1, 0.15) is 46.0 Å². The van der Waals surface area contributed by atoms with E-state index in [9.17, 15) is 0 Å². The molecule has 1 rings (SSSR count). The van der Waals surface area contributed by atoms with Crippen molar-refractivity contribution in [3.05, 3.63) is 12.3 Å². The SMILES string of the molecule is C/C=C/OC(C)C1CCCCCCO1. The van der Waals surface area contributed by atoms with E-state index in [1.54, 1.807) is 6.26 Å². The van der Waals surface area contributed by atoms with Crippen molar-refractivity contribution in [2.75, 3.05) is 6.61 Å². The smallest absolute Gasteiger partial charge is 0.121 e. The Bertz CT molecular complexity index is 158. The van der Waals surface area contributed by atoms with Crippen LogP contribution in [0.2, 0.25) is 0 Å². The molecule has 0 amide bonds. The Balaban J connectivity index is 2.30. The van der Waals surface area contributed by atoms with Gasteiger partial charge in [-0.15, -0.1) is 0 Å². The Hall–Kier alpha value is -0.500. The van der Waals surface area contributed by atoms with Gasteiger partial charge >= 0.3 is 0 Å². The molecule has 14 heavy (non-hydrogen) atoms. The Labute approximate surface area is 87.3 Å². The summed E-state index contributed by atoms with van der Waals surface area (Å²) in [4.78, 5) is 0. The van der Waals surface area contributed by atoms with Crippen LogP contribution < -0.4 is 0 Å². The van der Waals surface area contributed by atoms with E-state index in [4.69, 9.17) is 9.47 Å². The molecule has 2 nitrogen and oxygen atoms in total. The molecule has 2 unspecified atom stereocenters.